The van der Waals surface area contributed by atoms with Gasteiger partial charge in [-0.1, -0.05) is 49.2 Å². The molecule has 0 aromatic heterocycles. The first-order chi connectivity index (χ1) is 18.8. The summed E-state index contributed by atoms with van der Waals surface area (Å²) in [5.74, 6) is 1.41. The van der Waals surface area contributed by atoms with Crippen molar-refractivity contribution in [2.24, 2.45) is 11.8 Å². The second-order valence-electron chi connectivity index (χ2n) is 11.5. The first kappa shape index (κ1) is 28.0. The van der Waals surface area contributed by atoms with Crippen molar-refractivity contribution in [2.45, 2.75) is 63.6 Å². The number of aliphatic hydroxyl groups is 2. The Morgan fingerprint density at radius 1 is 1.10 bits per heavy atom. The largest absolute Gasteiger partial charge is 0.491 e. The lowest BCUT2D eigenvalue weighted by Crippen LogP contribution is -2.44. The number of hydrogen-bond acceptors (Lipinski definition) is 5. The average Bonchev–Trinajstić information content (AvgIpc) is 3.07. The van der Waals surface area contributed by atoms with E-state index >= 15 is 0 Å². The molecule has 3 aliphatic rings. The maximum atomic E-state index is 12.8. The number of anilines is 1. The molecule has 5 unspecified atom stereocenters. The second kappa shape index (κ2) is 12.3. The fourth-order valence-electron chi connectivity index (χ4n) is 6.30. The first-order valence-corrected chi connectivity index (χ1v) is 14.8. The van der Waals surface area contributed by atoms with E-state index in [-0.39, 0.29) is 24.2 Å². The molecule has 0 radical (unpaired) electrons. The number of carbonyl (C=O) groups excluding carboxylic acids is 1. The van der Waals surface area contributed by atoms with Gasteiger partial charge in [0.1, 0.15) is 5.75 Å². The minimum Gasteiger partial charge on any atom is -0.491 e. The molecule has 5 atom stereocenters. The molecule has 2 aromatic rings. The maximum Gasteiger partial charge on any atom is 0.225 e. The summed E-state index contributed by atoms with van der Waals surface area (Å²) in [4.78, 5) is 16.8. The zero-order valence-electron chi connectivity index (χ0n) is 23.1. The number of halogens is 1. The molecule has 2 aliphatic heterocycles. The van der Waals surface area contributed by atoms with Crippen molar-refractivity contribution in [3.63, 3.8) is 0 Å². The molecule has 0 saturated heterocycles. The average molecular weight is 553 g/mol. The lowest BCUT2D eigenvalue weighted by Gasteiger charge is -2.42. The molecule has 1 amide bonds. The van der Waals surface area contributed by atoms with E-state index in [1.54, 1.807) is 11.9 Å². The van der Waals surface area contributed by atoms with Crippen molar-refractivity contribution in [3.05, 3.63) is 70.3 Å². The van der Waals surface area contributed by atoms with Crippen molar-refractivity contribution in [2.75, 3.05) is 38.2 Å². The van der Waals surface area contributed by atoms with Crippen LogP contribution in [0.15, 0.2) is 48.6 Å². The molecule has 7 heteroatoms. The van der Waals surface area contributed by atoms with Crippen LogP contribution in [0.25, 0.3) is 0 Å². The second-order valence-corrected chi connectivity index (χ2v) is 11.9. The van der Waals surface area contributed by atoms with E-state index in [0.717, 1.165) is 60.8 Å². The normalized spacial score (nSPS) is 28.6. The van der Waals surface area contributed by atoms with Gasteiger partial charge >= 0.3 is 0 Å². The zero-order valence-corrected chi connectivity index (χ0v) is 23.8. The number of rotatable bonds is 3. The SMILES string of the molecule is CCCc1cc(Cl)ccc1C1COc2ccc3cc2N(C1)CC1CCC1C(O)/C=C/CCN(C)C(=O)CC3O. The molecule has 0 spiro atoms. The molecule has 2 aromatic carbocycles. The van der Waals surface area contributed by atoms with E-state index in [9.17, 15) is 15.0 Å². The highest BCUT2D eigenvalue weighted by atomic mass is 35.5. The fourth-order valence-corrected chi connectivity index (χ4v) is 6.50. The van der Waals surface area contributed by atoms with Crippen LogP contribution in [0.2, 0.25) is 5.02 Å². The summed E-state index contributed by atoms with van der Waals surface area (Å²) < 4.78 is 6.43. The highest BCUT2D eigenvalue weighted by Gasteiger charge is 2.38. The lowest BCUT2D eigenvalue weighted by atomic mass is 9.70. The van der Waals surface area contributed by atoms with Crippen LogP contribution in [0.4, 0.5) is 5.69 Å². The summed E-state index contributed by atoms with van der Waals surface area (Å²) in [7, 11) is 1.76. The number of hydrogen-bond donors (Lipinski definition) is 2. The third kappa shape index (κ3) is 6.29. The molecule has 2 N–H and O–H groups in total. The Balaban J connectivity index is 1.51. The summed E-state index contributed by atoms with van der Waals surface area (Å²) in [6, 6.07) is 12.0. The summed E-state index contributed by atoms with van der Waals surface area (Å²) >= 11 is 6.38. The summed E-state index contributed by atoms with van der Waals surface area (Å²) in [5.41, 5.74) is 4.20. The Hall–Kier alpha value is -2.54. The van der Waals surface area contributed by atoms with Gasteiger partial charge in [0, 0.05) is 37.6 Å². The number of benzene rings is 2. The number of nitrogens with zero attached hydrogens (tertiary/aromatic N) is 2. The van der Waals surface area contributed by atoms with Crippen LogP contribution < -0.4 is 9.64 Å². The molecule has 1 aliphatic carbocycles. The van der Waals surface area contributed by atoms with Gasteiger partial charge in [0.05, 0.1) is 30.9 Å². The Morgan fingerprint density at radius 2 is 1.95 bits per heavy atom. The molecule has 1 fully saturated rings. The lowest BCUT2D eigenvalue weighted by molar-refractivity contribution is -0.132. The van der Waals surface area contributed by atoms with Crippen LogP contribution in [-0.4, -0.2) is 60.4 Å². The van der Waals surface area contributed by atoms with Gasteiger partial charge < -0.3 is 24.7 Å². The molecular weight excluding hydrogens is 512 g/mol. The van der Waals surface area contributed by atoms with E-state index in [1.807, 2.05) is 36.4 Å². The van der Waals surface area contributed by atoms with E-state index in [0.29, 0.717) is 25.5 Å². The van der Waals surface area contributed by atoms with Gasteiger partial charge in [0.2, 0.25) is 5.91 Å². The maximum absolute atomic E-state index is 12.8. The minimum absolute atomic E-state index is 0.0287. The molecular formula is C32H41ClN2O4. The van der Waals surface area contributed by atoms with Gasteiger partial charge in [-0.05, 0) is 78.5 Å². The van der Waals surface area contributed by atoms with Gasteiger partial charge in [-0.15, -0.1) is 0 Å². The zero-order chi connectivity index (χ0) is 27.5. The standard InChI is InChI=1S/C32H41ClN2O4/c1-3-6-21-15-25(33)10-12-26(21)24-19-35-18-23-8-11-27(23)29(36)7-4-5-14-34(2)32(38)17-30(37)22-9-13-31(39-20-24)28(35)16-22/h4,7,9-10,12-13,15-16,23-24,27,29-30,36-37H,3,5-6,8,11,14,17-20H2,1-2H3/b7-4+. The summed E-state index contributed by atoms with van der Waals surface area (Å²) in [6.07, 6.45) is 7.30. The molecule has 6 nitrogen and oxygen atoms in total. The number of carbonyl (C=O) groups is 1. The predicted molar refractivity (Wildman–Crippen MR) is 156 cm³/mol. The van der Waals surface area contributed by atoms with Crippen LogP contribution in [0.3, 0.4) is 0 Å². The van der Waals surface area contributed by atoms with Crippen molar-refractivity contribution in [3.8, 4) is 5.75 Å². The number of aliphatic hydroxyl groups excluding tert-OH is 2. The van der Waals surface area contributed by atoms with Gasteiger partial charge in [0.15, 0.2) is 0 Å². The topological polar surface area (TPSA) is 73.2 Å². The third-order valence-corrected chi connectivity index (χ3v) is 9.02. The van der Waals surface area contributed by atoms with Crippen LogP contribution in [-0.2, 0) is 11.2 Å². The number of amides is 1. The van der Waals surface area contributed by atoms with Crippen LogP contribution >= 0.6 is 11.6 Å². The molecule has 39 heavy (non-hydrogen) atoms. The fraction of sp³-hybridized carbons (Fsp3) is 0.531. The van der Waals surface area contributed by atoms with Crippen molar-refractivity contribution in [1.82, 2.24) is 4.90 Å². The molecule has 210 valence electrons. The van der Waals surface area contributed by atoms with Crippen LogP contribution in [0.5, 0.6) is 5.75 Å². The van der Waals surface area contributed by atoms with Crippen LogP contribution in [0, 0.1) is 11.8 Å². The van der Waals surface area contributed by atoms with E-state index in [2.05, 4.69) is 24.0 Å². The number of fused-ring (bicyclic) bond motifs is 2. The molecule has 1 saturated carbocycles. The van der Waals surface area contributed by atoms with E-state index < -0.39 is 12.2 Å². The van der Waals surface area contributed by atoms with Gasteiger partial charge in [-0.2, -0.15) is 0 Å². The van der Waals surface area contributed by atoms with Crippen LogP contribution in [0.1, 0.15) is 67.7 Å². The third-order valence-electron chi connectivity index (χ3n) is 8.78. The van der Waals surface area contributed by atoms with Crippen molar-refractivity contribution >= 4 is 23.2 Å². The van der Waals surface area contributed by atoms with Crippen molar-refractivity contribution in [1.29, 1.82) is 0 Å². The molecule has 2 heterocycles. The van der Waals surface area contributed by atoms with Gasteiger partial charge in [-0.3, -0.25) is 4.79 Å². The van der Waals surface area contributed by atoms with Gasteiger partial charge in [0.25, 0.3) is 0 Å². The smallest absolute Gasteiger partial charge is 0.225 e. The monoisotopic (exact) mass is 552 g/mol. The Bertz CT molecular complexity index is 1200. The Morgan fingerprint density at radius 3 is 2.72 bits per heavy atom. The van der Waals surface area contributed by atoms with E-state index in [1.165, 1.54) is 11.1 Å². The molecule has 5 rings (SSSR count). The first-order valence-electron chi connectivity index (χ1n) is 14.4. The Labute approximate surface area is 237 Å². The quantitative estimate of drug-likeness (QED) is 0.492. The van der Waals surface area contributed by atoms with Gasteiger partial charge in [-0.25, -0.2) is 0 Å². The predicted octanol–water partition coefficient (Wildman–Crippen LogP) is 5.50. The summed E-state index contributed by atoms with van der Waals surface area (Å²) in [6.45, 7) is 4.86. The highest BCUT2D eigenvalue weighted by molar-refractivity contribution is 6.30. The summed E-state index contributed by atoms with van der Waals surface area (Å²) in [5, 5.41) is 22.8. The minimum atomic E-state index is -0.889. The number of ether oxygens (including phenoxy) is 1. The highest BCUT2D eigenvalue weighted by Crippen LogP contribution is 2.43. The Kier molecular flexibility index (Phi) is 8.85. The van der Waals surface area contributed by atoms with Crippen molar-refractivity contribution < 1.29 is 19.7 Å². The van der Waals surface area contributed by atoms with E-state index in [4.69, 9.17) is 16.3 Å². The number of aryl methyl sites for hydroxylation is 1. The molecule has 2 bridgehead atoms.